The van der Waals surface area contributed by atoms with Gasteiger partial charge in [-0.2, -0.15) is 0 Å². The molecule has 1 rings (SSSR count). The smallest absolute Gasteiger partial charge is 0.237 e. The van der Waals surface area contributed by atoms with Crippen LogP contribution < -0.4 is 0 Å². The molecule has 0 radical (unpaired) electrons. The van der Waals surface area contributed by atoms with Gasteiger partial charge in [0.15, 0.2) is 9.84 Å². The van der Waals surface area contributed by atoms with E-state index >= 15 is 0 Å². The molecule has 0 spiro atoms. The Kier molecular flexibility index (Phi) is 4.54. The Morgan fingerprint density at radius 1 is 1.29 bits per heavy atom. The Bertz CT molecular complexity index is 496. The zero-order chi connectivity index (χ0) is 13.1. The number of hydrogen-bond donors (Lipinski definition) is 0. The van der Waals surface area contributed by atoms with E-state index < -0.39 is 9.84 Å². The van der Waals surface area contributed by atoms with Crippen LogP contribution >= 0.6 is 11.6 Å². The maximum Gasteiger partial charge on any atom is 0.237 e. The minimum absolute atomic E-state index is 0.0576. The maximum absolute atomic E-state index is 11.2. The molecule has 1 aromatic rings. The molecule has 4 nitrogen and oxygen atoms in total. The van der Waals surface area contributed by atoms with Gasteiger partial charge in [0.2, 0.25) is 5.91 Å². The number of amides is 1. The van der Waals surface area contributed by atoms with Crippen LogP contribution in [0.4, 0.5) is 0 Å². The number of rotatable bonds is 4. The lowest BCUT2D eigenvalue weighted by molar-refractivity contribution is -0.127. The van der Waals surface area contributed by atoms with Gasteiger partial charge in [-0.15, -0.1) is 11.6 Å². The van der Waals surface area contributed by atoms with E-state index in [0.717, 1.165) is 11.8 Å². The van der Waals surface area contributed by atoms with E-state index in [4.69, 9.17) is 11.6 Å². The molecule has 0 saturated heterocycles. The molecule has 17 heavy (non-hydrogen) atoms. The van der Waals surface area contributed by atoms with Crippen molar-refractivity contribution in [1.82, 2.24) is 4.90 Å². The largest absolute Gasteiger partial charge is 0.340 e. The average Bonchev–Trinajstić information content (AvgIpc) is 2.27. The van der Waals surface area contributed by atoms with Gasteiger partial charge in [-0.1, -0.05) is 12.1 Å². The van der Waals surface area contributed by atoms with Crippen molar-refractivity contribution in [2.24, 2.45) is 0 Å². The number of halogens is 1. The molecule has 0 aliphatic rings. The fourth-order valence-corrected chi connectivity index (χ4v) is 2.14. The van der Waals surface area contributed by atoms with E-state index in [1.807, 2.05) is 0 Å². The first-order chi connectivity index (χ1) is 7.84. The average molecular weight is 276 g/mol. The number of hydrogen-bond acceptors (Lipinski definition) is 3. The van der Waals surface area contributed by atoms with Gasteiger partial charge in [-0.3, -0.25) is 4.79 Å². The summed E-state index contributed by atoms with van der Waals surface area (Å²) in [7, 11) is -1.52. The van der Waals surface area contributed by atoms with Gasteiger partial charge in [0.1, 0.15) is 5.88 Å². The van der Waals surface area contributed by atoms with E-state index in [9.17, 15) is 13.2 Å². The van der Waals surface area contributed by atoms with E-state index in [2.05, 4.69) is 0 Å². The van der Waals surface area contributed by atoms with Gasteiger partial charge < -0.3 is 4.90 Å². The third kappa shape index (κ3) is 4.02. The zero-order valence-electron chi connectivity index (χ0n) is 9.68. The molecule has 0 aromatic heterocycles. The second-order valence-corrected chi connectivity index (χ2v) is 6.08. The molecule has 0 aliphatic carbocycles. The van der Waals surface area contributed by atoms with Crippen molar-refractivity contribution in [3.63, 3.8) is 0 Å². The van der Waals surface area contributed by atoms with E-state index in [0.29, 0.717) is 6.54 Å². The standard InChI is InChI=1S/C11H14ClNO3S/c1-13(11(14)7-12)8-9-3-5-10(6-4-9)17(2,15)16/h3-6H,7-8H2,1-2H3. The predicted molar refractivity (Wildman–Crippen MR) is 66.7 cm³/mol. The van der Waals surface area contributed by atoms with Crippen LogP contribution in [0.3, 0.4) is 0 Å². The lowest BCUT2D eigenvalue weighted by atomic mass is 10.2. The molecule has 1 amide bonds. The molecule has 0 N–H and O–H groups in total. The molecule has 0 fully saturated rings. The van der Waals surface area contributed by atoms with Crippen LogP contribution in [0.1, 0.15) is 5.56 Å². The number of nitrogens with zero attached hydrogens (tertiary/aromatic N) is 1. The van der Waals surface area contributed by atoms with Crippen LogP contribution in [-0.4, -0.2) is 38.4 Å². The first-order valence-corrected chi connectivity index (χ1v) is 7.36. The Morgan fingerprint density at radius 2 is 1.82 bits per heavy atom. The maximum atomic E-state index is 11.2. The summed E-state index contributed by atoms with van der Waals surface area (Å²) in [4.78, 5) is 13.0. The number of sulfone groups is 1. The topological polar surface area (TPSA) is 54.5 Å². The van der Waals surface area contributed by atoms with Crippen molar-refractivity contribution >= 4 is 27.3 Å². The number of carbonyl (C=O) groups excluding carboxylic acids is 1. The van der Waals surface area contributed by atoms with E-state index in [1.54, 1.807) is 19.2 Å². The fourth-order valence-electron chi connectivity index (χ4n) is 1.31. The Hall–Kier alpha value is -1.07. The molecule has 0 aliphatic heterocycles. The summed E-state index contributed by atoms with van der Waals surface area (Å²) in [6, 6.07) is 6.44. The molecular weight excluding hydrogens is 262 g/mol. The monoisotopic (exact) mass is 275 g/mol. The Labute approximate surface area is 106 Å². The van der Waals surface area contributed by atoms with Gasteiger partial charge in [0, 0.05) is 19.8 Å². The van der Waals surface area contributed by atoms with Gasteiger partial charge in [-0.05, 0) is 17.7 Å². The molecule has 94 valence electrons. The second-order valence-electron chi connectivity index (χ2n) is 3.80. The highest BCUT2D eigenvalue weighted by Crippen LogP contribution is 2.11. The third-order valence-corrected chi connectivity index (χ3v) is 3.67. The highest BCUT2D eigenvalue weighted by atomic mass is 35.5. The number of carbonyl (C=O) groups is 1. The summed E-state index contributed by atoms with van der Waals surface area (Å²) in [5.74, 6) is -0.225. The first-order valence-electron chi connectivity index (χ1n) is 4.93. The molecule has 0 bridgehead atoms. The summed E-state index contributed by atoms with van der Waals surface area (Å²) < 4.78 is 22.5. The third-order valence-electron chi connectivity index (χ3n) is 2.31. The van der Waals surface area contributed by atoms with Crippen molar-refractivity contribution in [3.05, 3.63) is 29.8 Å². The van der Waals surface area contributed by atoms with Crippen molar-refractivity contribution in [1.29, 1.82) is 0 Å². The summed E-state index contributed by atoms with van der Waals surface area (Å²) in [6.45, 7) is 0.412. The molecule has 1 aromatic carbocycles. The SMILES string of the molecule is CN(Cc1ccc(S(C)(=O)=O)cc1)C(=O)CCl. The first kappa shape index (κ1) is 14.0. The minimum atomic E-state index is -3.17. The lowest BCUT2D eigenvalue weighted by Crippen LogP contribution is -2.27. The van der Waals surface area contributed by atoms with Crippen LogP contribution in [0.25, 0.3) is 0 Å². The lowest BCUT2D eigenvalue weighted by Gasteiger charge is -2.15. The highest BCUT2D eigenvalue weighted by molar-refractivity contribution is 7.90. The van der Waals surface area contributed by atoms with E-state index in [-0.39, 0.29) is 16.7 Å². The molecule has 0 saturated carbocycles. The molecule has 6 heteroatoms. The van der Waals surface area contributed by atoms with Crippen molar-refractivity contribution in [2.75, 3.05) is 19.2 Å². The van der Waals surface area contributed by atoms with Crippen LogP contribution in [0.5, 0.6) is 0 Å². The number of benzene rings is 1. The van der Waals surface area contributed by atoms with Crippen LogP contribution in [-0.2, 0) is 21.2 Å². The summed E-state index contributed by atoms with van der Waals surface area (Å²) in [5, 5.41) is 0. The van der Waals surface area contributed by atoms with Crippen molar-refractivity contribution in [3.8, 4) is 0 Å². The predicted octanol–water partition coefficient (Wildman–Crippen LogP) is 1.29. The van der Waals surface area contributed by atoms with Gasteiger partial charge in [-0.25, -0.2) is 8.42 Å². The van der Waals surface area contributed by atoms with Crippen LogP contribution in [0.15, 0.2) is 29.2 Å². The van der Waals surface area contributed by atoms with Crippen molar-refractivity contribution in [2.45, 2.75) is 11.4 Å². The van der Waals surface area contributed by atoms with Crippen LogP contribution in [0.2, 0.25) is 0 Å². The number of alkyl halides is 1. The zero-order valence-corrected chi connectivity index (χ0v) is 11.3. The van der Waals surface area contributed by atoms with Crippen LogP contribution in [0, 0.1) is 0 Å². The summed E-state index contributed by atoms with van der Waals surface area (Å²) >= 11 is 5.43. The van der Waals surface area contributed by atoms with Crippen molar-refractivity contribution < 1.29 is 13.2 Å². The minimum Gasteiger partial charge on any atom is -0.340 e. The van der Waals surface area contributed by atoms with E-state index in [1.165, 1.54) is 17.0 Å². The quantitative estimate of drug-likeness (QED) is 0.778. The summed E-state index contributed by atoms with van der Waals surface area (Å²) in [5.41, 5.74) is 0.860. The highest BCUT2D eigenvalue weighted by Gasteiger charge is 2.09. The van der Waals surface area contributed by atoms with Gasteiger partial charge in [0.25, 0.3) is 0 Å². The Balaban J connectivity index is 2.79. The molecule has 0 heterocycles. The fraction of sp³-hybridized carbons (Fsp3) is 0.364. The molecular formula is C11H14ClNO3S. The van der Waals surface area contributed by atoms with Gasteiger partial charge >= 0.3 is 0 Å². The molecule has 0 unspecified atom stereocenters. The molecule has 0 atom stereocenters. The second kappa shape index (κ2) is 5.51. The van der Waals surface area contributed by atoms with Gasteiger partial charge in [0.05, 0.1) is 4.90 Å². The summed E-state index contributed by atoms with van der Waals surface area (Å²) in [6.07, 6.45) is 1.16. The Morgan fingerprint density at radius 3 is 2.24 bits per heavy atom. The normalized spacial score (nSPS) is 11.2.